The van der Waals surface area contributed by atoms with Crippen molar-refractivity contribution in [1.29, 1.82) is 0 Å². The molecular formula is C28H26Cl2N2O. The molecule has 1 heterocycles. The number of rotatable bonds is 5. The highest BCUT2D eigenvalue weighted by Gasteiger charge is 2.19. The van der Waals surface area contributed by atoms with Gasteiger partial charge in [-0.3, -0.25) is 4.79 Å². The largest absolute Gasteiger partial charge is 0.382 e. The third-order valence-corrected chi connectivity index (χ3v) is 7.08. The van der Waals surface area contributed by atoms with Crippen LogP contribution in [0, 0.1) is 0 Å². The Hall–Kier alpha value is -2.75. The molecule has 1 aliphatic carbocycles. The molecule has 1 aromatic heterocycles. The van der Waals surface area contributed by atoms with Crippen molar-refractivity contribution in [3.05, 3.63) is 110 Å². The quantitative estimate of drug-likeness (QED) is 0.289. The van der Waals surface area contributed by atoms with E-state index >= 15 is 0 Å². The van der Waals surface area contributed by atoms with Gasteiger partial charge in [-0.15, -0.1) is 0 Å². The van der Waals surface area contributed by atoms with E-state index < -0.39 is 0 Å². The Bertz CT molecular complexity index is 1260. The van der Waals surface area contributed by atoms with Crippen molar-refractivity contribution < 1.29 is 0 Å². The predicted molar refractivity (Wildman–Crippen MR) is 139 cm³/mol. The van der Waals surface area contributed by atoms with Crippen LogP contribution in [-0.2, 0) is 0 Å². The Morgan fingerprint density at radius 3 is 1.94 bits per heavy atom. The summed E-state index contributed by atoms with van der Waals surface area (Å²) >= 11 is 12.4. The number of pyridine rings is 1. The van der Waals surface area contributed by atoms with Gasteiger partial charge < -0.3 is 10.3 Å². The lowest BCUT2D eigenvalue weighted by Gasteiger charge is -2.25. The highest BCUT2D eigenvalue weighted by molar-refractivity contribution is 6.30. The van der Waals surface area contributed by atoms with Gasteiger partial charge in [0.05, 0.1) is 5.52 Å². The van der Waals surface area contributed by atoms with Gasteiger partial charge in [0, 0.05) is 39.1 Å². The second-order valence-electron chi connectivity index (χ2n) is 8.87. The molecule has 4 aromatic rings. The van der Waals surface area contributed by atoms with Crippen LogP contribution in [0.5, 0.6) is 0 Å². The minimum absolute atomic E-state index is 0.0124. The number of hydrogen-bond acceptors (Lipinski definition) is 2. The molecule has 3 nitrogen and oxygen atoms in total. The number of H-pyrrole nitrogens is 1. The predicted octanol–water partition coefficient (Wildman–Crippen LogP) is 7.76. The lowest BCUT2D eigenvalue weighted by Crippen LogP contribution is -2.23. The van der Waals surface area contributed by atoms with E-state index in [4.69, 9.17) is 23.2 Å². The summed E-state index contributed by atoms with van der Waals surface area (Å²) in [6.07, 6.45) is 6.05. The number of aromatic amines is 1. The van der Waals surface area contributed by atoms with Crippen LogP contribution in [0.4, 0.5) is 5.69 Å². The van der Waals surface area contributed by atoms with Crippen LogP contribution >= 0.6 is 23.2 Å². The highest BCUT2D eigenvalue weighted by Crippen LogP contribution is 2.36. The second kappa shape index (κ2) is 9.62. The normalized spacial score (nSPS) is 14.6. The molecule has 0 bridgehead atoms. The molecule has 0 spiro atoms. The zero-order valence-corrected chi connectivity index (χ0v) is 19.8. The summed E-state index contributed by atoms with van der Waals surface area (Å²) in [5, 5.41) is 6.13. The molecule has 5 rings (SSSR count). The summed E-state index contributed by atoms with van der Waals surface area (Å²) in [7, 11) is 0. The molecule has 5 heteroatoms. The highest BCUT2D eigenvalue weighted by atomic mass is 35.5. The number of anilines is 1. The molecule has 1 fully saturated rings. The van der Waals surface area contributed by atoms with Crippen LogP contribution in [0.2, 0.25) is 10.0 Å². The molecule has 1 aliphatic rings. The molecule has 33 heavy (non-hydrogen) atoms. The number of halogens is 2. The van der Waals surface area contributed by atoms with Gasteiger partial charge in [-0.1, -0.05) is 72.8 Å². The fourth-order valence-corrected chi connectivity index (χ4v) is 5.18. The van der Waals surface area contributed by atoms with Crippen LogP contribution in [0.1, 0.15) is 54.7 Å². The number of nitrogens with one attached hydrogen (secondary N) is 2. The van der Waals surface area contributed by atoms with E-state index in [0.717, 1.165) is 46.1 Å². The molecule has 2 N–H and O–H groups in total. The van der Waals surface area contributed by atoms with Crippen LogP contribution in [0.3, 0.4) is 0 Å². The SMILES string of the molecule is O=c1cc(NC2CCCCC2)c2cc(C(c3ccc(Cl)cc3)c3ccc(Cl)cc3)ccc2[nH]1. The molecule has 0 radical (unpaired) electrons. The van der Waals surface area contributed by atoms with Gasteiger partial charge in [0.1, 0.15) is 0 Å². The minimum atomic E-state index is -0.0829. The van der Waals surface area contributed by atoms with E-state index in [2.05, 4.69) is 46.7 Å². The summed E-state index contributed by atoms with van der Waals surface area (Å²) < 4.78 is 0. The van der Waals surface area contributed by atoms with E-state index in [0.29, 0.717) is 16.1 Å². The summed E-state index contributed by atoms with van der Waals surface area (Å²) in [6, 6.07) is 24.4. The fraction of sp³-hybridized carbons (Fsp3) is 0.250. The van der Waals surface area contributed by atoms with E-state index in [1.165, 1.54) is 19.3 Å². The minimum Gasteiger partial charge on any atom is -0.382 e. The second-order valence-corrected chi connectivity index (χ2v) is 9.74. The first kappa shape index (κ1) is 22.1. The Morgan fingerprint density at radius 1 is 0.758 bits per heavy atom. The van der Waals surface area contributed by atoms with E-state index in [1.54, 1.807) is 6.07 Å². The zero-order chi connectivity index (χ0) is 22.8. The Kier molecular flexibility index (Phi) is 6.43. The van der Waals surface area contributed by atoms with Crippen molar-refractivity contribution in [1.82, 2.24) is 4.98 Å². The third kappa shape index (κ3) is 4.95. The lowest BCUT2D eigenvalue weighted by molar-refractivity contribution is 0.463. The number of fused-ring (bicyclic) bond motifs is 1. The van der Waals surface area contributed by atoms with Crippen LogP contribution in [0.15, 0.2) is 77.6 Å². The first-order chi connectivity index (χ1) is 16.1. The Balaban J connectivity index is 1.62. The molecular weight excluding hydrogens is 451 g/mol. The van der Waals surface area contributed by atoms with E-state index in [1.807, 2.05) is 30.3 Å². The smallest absolute Gasteiger partial charge is 0.250 e. The van der Waals surface area contributed by atoms with Crippen molar-refractivity contribution >= 4 is 39.8 Å². The molecule has 0 aliphatic heterocycles. The maximum Gasteiger partial charge on any atom is 0.250 e. The van der Waals surface area contributed by atoms with Crippen LogP contribution in [-0.4, -0.2) is 11.0 Å². The van der Waals surface area contributed by atoms with Gasteiger partial charge in [0.25, 0.3) is 0 Å². The Morgan fingerprint density at radius 2 is 1.33 bits per heavy atom. The maximum atomic E-state index is 12.4. The average Bonchev–Trinajstić information content (AvgIpc) is 2.82. The maximum absolute atomic E-state index is 12.4. The lowest BCUT2D eigenvalue weighted by atomic mass is 9.84. The van der Waals surface area contributed by atoms with Crippen molar-refractivity contribution in [3.63, 3.8) is 0 Å². The first-order valence-corrected chi connectivity index (χ1v) is 12.3. The summed E-state index contributed by atoms with van der Waals surface area (Å²) in [5.74, 6) is 0.0124. The van der Waals surface area contributed by atoms with Gasteiger partial charge in [0.2, 0.25) is 5.56 Å². The van der Waals surface area contributed by atoms with Crippen LogP contribution in [0.25, 0.3) is 10.9 Å². The van der Waals surface area contributed by atoms with Crippen LogP contribution < -0.4 is 10.9 Å². The third-order valence-electron chi connectivity index (χ3n) is 6.57. The first-order valence-electron chi connectivity index (χ1n) is 11.5. The Labute approximate surface area is 203 Å². The van der Waals surface area contributed by atoms with Crippen molar-refractivity contribution in [2.24, 2.45) is 0 Å². The molecule has 0 unspecified atom stereocenters. The monoisotopic (exact) mass is 476 g/mol. The molecule has 0 saturated heterocycles. The van der Waals surface area contributed by atoms with Crippen molar-refractivity contribution in [2.45, 2.75) is 44.1 Å². The van der Waals surface area contributed by atoms with Gasteiger partial charge >= 0.3 is 0 Å². The van der Waals surface area contributed by atoms with Gasteiger partial charge in [-0.05, 0) is 65.9 Å². The average molecular weight is 477 g/mol. The van der Waals surface area contributed by atoms with Crippen molar-refractivity contribution in [3.8, 4) is 0 Å². The molecule has 0 amide bonds. The summed E-state index contributed by atoms with van der Waals surface area (Å²) in [6.45, 7) is 0. The summed E-state index contributed by atoms with van der Waals surface area (Å²) in [5.41, 5.74) is 5.11. The van der Waals surface area contributed by atoms with Gasteiger partial charge in [0.15, 0.2) is 0 Å². The number of hydrogen-bond donors (Lipinski definition) is 2. The van der Waals surface area contributed by atoms with Gasteiger partial charge in [-0.2, -0.15) is 0 Å². The van der Waals surface area contributed by atoms with E-state index in [9.17, 15) is 4.79 Å². The topological polar surface area (TPSA) is 44.9 Å². The molecule has 168 valence electrons. The summed E-state index contributed by atoms with van der Waals surface area (Å²) in [4.78, 5) is 15.3. The standard InChI is InChI=1S/C28H26Cl2N2O/c29-21-11-6-18(7-12-21)28(19-8-13-22(30)14-9-19)20-10-15-25-24(16-20)26(17-27(33)32-25)31-23-4-2-1-3-5-23/h6-17,23,28H,1-5H2,(H2,31,32,33). The fourth-order valence-electron chi connectivity index (χ4n) is 4.92. The number of benzene rings is 3. The zero-order valence-electron chi connectivity index (χ0n) is 18.3. The molecule has 0 atom stereocenters. The van der Waals surface area contributed by atoms with E-state index in [-0.39, 0.29) is 11.5 Å². The number of aromatic nitrogens is 1. The van der Waals surface area contributed by atoms with Crippen molar-refractivity contribution in [2.75, 3.05) is 5.32 Å². The van der Waals surface area contributed by atoms with Gasteiger partial charge in [-0.25, -0.2) is 0 Å². The molecule has 1 saturated carbocycles. The molecule has 3 aromatic carbocycles.